The lowest BCUT2D eigenvalue weighted by molar-refractivity contribution is 0.0776. The van der Waals surface area contributed by atoms with Crippen molar-refractivity contribution in [2.45, 2.75) is 46.2 Å². The number of aromatic nitrogens is 1. The van der Waals surface area contributed by atoms with Gasteiger partial charge < -0.3 is 9.30 Å². The van der Waals surface area contributed by atoms with Gasteiger partial charge in [0.05, 0.1) is 12.6 Å². The number of piperidine rings is 1. The molecule has 1 aromatic carbocycles. The van der Waals surface area contributed by atoms with E-state index in [4.69, 9.17) is 4.74 Å². The first-order chi connectivity index (χ1) is 11.9. The van der Waals surface area contributed by atoms with Crippen LogP contribution in [-0.2, 0) is 6.54 Å². The predicted molar refractivity (Wildman–Crippen MR) is 103 cm³/mol. The van der Waals surface area contributed by atoms with E-state index < -0.39 is 0 Å². The molecule has 135 valence electrons. The lowest BCUT2D eigenvalue weighted by atomic mass is 9.80. The van der Waals surface area contributed by atoms with Crippen LogP contribution in [-0.4, -0.2) is 35.7 Å². The van der Waals surface area contributed by atoms with Crippen LogP contribution in [0.3, 0.4) is 0 Å². The summed E-state index contributed by atoms with van der Waals surface area (Å²) in [4.78, 5) is 15.0. The van der Waals surface area contributed by atoms with E-state index in [1.165, 1.54) is 0 Å². The Hall–Kier alpha value is -1.81. The summed E-state index contributed by atoms with van der Waals surface area (Å²) in [6, 6.07) is 9.97. The Morgan fingerprint density at radius 3 is 2.68 bits per heavy atom. The van der Waals surface area contributed by atoms with Crippen LogP contribution in [0.4, 0.5) is 0 Å². The second-order valence-corrected chi connectivity index (χ2v) is 7.98. The summed E-state index contributed by atoms with van der Waals surface area (Å²) in [5.41, 5.74) is 1.28. The molecular formula is C21H29N2O2. The Morgan fingerprint density at radius 1 is 1.16 bits per heavy atom. The summed E-state index contributed by atoms with van der Waals surface area (Å²) in [5, 5.41) is 1.04. The molecule has 4 nitrogen and oxygen atoms in total. The molecule has 3 rings (SSSR count). The predicted octanol–water partition coefficient (Wildman–Crippen LogP) is 3.72. The number of rotatable bonds is 4. The zero-order valence-corrected chi connectivity index (χ0v) is 15.8. The van der Waals surface area contributed by atoms with Crippen molar-refractivity contribution in [3.8, 4) is 5.75 Å². The Bertz CT molecular complexity index is 789. The fourth-order valence-electron chi connectivity index (χ4n) is 3.87. The molecule has 25 heavy (non-hydrogen) atoms. The molecule has 1 radical (unpaired) electrons. The summed E-state index contributed by atoms with van der Waals surface area (Å²) in [5.74, 6) is 0.817. The van der Waals surface area contributed by atoms with Gasteiger partial charge in [-0.15, -0.1) is 0 Å². The highest BCUT2D eigenvalue weighted by Gasteiger charge is 2.32. The third-order valence-electron chi connectivity index (χ3n) is 5.26. The topological polar surface area (TPSA) is 34.5 Å². The summed E-state index contributed by atoms with van der Waals surface area (Å²) in [6.45, 7) is 9.62. The number of hydrogen-bond acceptors (Lipinski definition) is 3. The SMILES string of the molecule is COc1ccc2c(ccc(=O)n2CCN2CC[CH]CC2C(C)(C)C)c1. The number of fused-ring (bicyclic) bond motifs is 1. The molecule has 1 unspecified atom stereocenters. The Balaban J connectivity index is 1.85. The lowest BCUT2D eigenvalue weighted by Gasteiger charge is -2.43. The van der Waals surface area contributed by atoms with E-state index in [9.17, 15) is 4.79 Å². The van der Waals surface area contributed by atoms with Crippen LogP contribution in [0, 0.1) is 11.8 Å². The van der Waals surface area contributed by atoms with Crippen molar-refractivity contribution in [3.05, 3.63) is 47.1 Å². The van der Waals surface area contributed by atoms with E-state index in [1.807, 2.05) is 28.8 Å². The number of pyridine rings is 1. The van der Waals surface area contributed by atoms with Crippen LogP contribution in [0.5, 0.6) is 5.75 Å². The van der Waals surface area contributed by atoms with Crippen LogP contribution in [0.25, 0.3) is 10.9 Å². The van der Waals surface area contributed by atoms with Crippen LogP contribution in [0.1, 0.15) is 33.6 Å². The number of ether oxygens (including phenoxy) is 1. The van der Waals surface area contributed by atoms with Gasteiger partial charge in [0.1, 0.15) is 5.75 Å². The van der Waals surface area contributed by atoms with E-state index in [0.717, 1.165) is 49.1 Å². The lowest BCUT2D eigenvalue weighted by Crippen LogP contribution is -2.48. The van der Waals surface area contributed by atoms with Gasteiger partial charge in [-0.05, 0) is 55.5 Å². The maximum atomic E-state index is 12.4. The highest BCUT2D eigenvalue weighted by molar-refractivity contribution is 5.80. The van der Waals surface area contributed by atoms with Crippen LogP contribution in [0.2, 0.25) is 0 Å². The molecule has 0 amide bonds. The molecule has 1 saturated heterocycles. The van der Waals surface area contributed by atoms with Gasteiger partial charge in [-0.1, -0.05) is 20.8 Å². The van der Waals surface area contributed by atoms with Crippen molar-refractivity contribution >= 4 is 10.9 Å². The van der Waals surface area contributed by atoms with Crippen LogP contribution in [0.15, 0.2) is 35.1 Å². The summed E-state index contributed by atoms with van der Waals surface area (Å²) < 4.78 is 7.20. The van der Waals surface area contributed by atoms with Crippen molar-refractivity contribution in [3.63, 3.8) is 0 Å². The fraction of sp³-hybridized carbons (Fsp3) is 0.524. The number of benzene rings is 1. The molecule has 0 aliphatic carbocycles. The second-order valence-electron chi connectivity index (χ2n) is 7.98. The van der Waals surface area contributed by atoms with Crippen molar-refractivity contribution in [2.24, 2.45) is 5.41 Å². The minimum absolute atomic E-state index is 0.0635. The molecule has 1 atom stereocenters. The number of likely N-dealkylation sites (tertiary alicyclic amines) is 1. The van der Waals surface area contributed by atoms with Gasteiger partial charge in [-0.2, -0.15) is 0 Å². The van der Waals surface area contributed by atoms with E-state index in [2.05, 4.69) is 32.1 Å². The zero-order valence-electron chi connectivity index (χ0n) is 15.8. The average molecular weight is 341 g/mol. The van der Waals surface area contributed by atoms with Crippen molar-refractivity contribution in [1.82, 2.24) is 9.47 Å². The first-order valence-electron chi connectivity index (χ1n) is 9.13. The van der Waals surface area contributed by atoms with Crippen LogP contribution >= 0.6 is 0 Å². The summed E-state index contributed by atoms with van der Waals surface area (Å²) >= 11 is 0. The molecule has 2 heterocycles. The largest absolute Gasteiger partial charge is 0.497 e. The van der Waals surface area contributed by atoms with Gasteiger partial charge in [0.25, 0.3) is 5.56 Å². The van der Waals surface area contributed by atoms with Gasteiger partial charge in [0.2, 0.25) is 0 Å². The summed E-state index contributed by atoms with van der Waals surface area (Å²) in [6.07, 6.45) is 4.67. The fourth-order valence-corrected chi connectivity index (χ4v) is 3.87. The van der Waals surface area contributed by atoms with Gasteiger partial charge in [0, 0.05) is 30.6 Å². The Morgan fingerprint density at radius 2 is 1.96 bits per heavy atom. The van der Waals surface area contributed by atoms with Crippen LogP contribution < -0.4 is 10.3 Å². The molecule has 2 aromatic rings. The van der Waals surface area contributed by atoms with E-state index >= 15 is 0 Å². The van der Waals surface area contributed by atoms with Gasteiger partial charge >= 0.3 is 0 Å². The van der Waals surface area contributed by atoms with Gasteiger partial charge in [0.15, 0.2) is 0 Å². The van der Waals surface area contributed by atoms with E-state index in [1.54, 1.807) is 13.2 Å². The molecule has 0 saturated carbocycles. The molecule has 1 aromatic heterocycles. The quantitative estimate of drug-likeness (QED) is 0.850. The van der Waals surface area contributed by atoms with Gasteiger partial charge in [-0.3, -0.25) is 9.69 Å². The van der Waals surface area contributed by atoms with Crippen molar-refractivity contribution < 1.29 is 4.74 Å². The smallest absolute Gasteiger partial charge is 0.251 e. The maximum absolute atomic E-state index is 12.4. The molecule has 1 aliphatic rings. The van der Waals surface area contributed by atoms with E-state index in [-0.39, 0.29) is 11.0 Å². The van der Waals surface area contributed by atoms with E-state index in [0.29, 0.717) is 6.04 Å². The number of hydrogen-bond donors (Lipinski definition) is 0. The van der Waals surface area contributed by atoms with Gasteiger partial charge in [-0.25, -0.2) is 0 Å². The Kier molecular flexibility index (Phi) is 5.19. The van der Waals surface area contributed by atoms with Crippen molar-refractivity contribution in [2.75, 3.05) is 20.2 Å². The molecular weight excluding hydrogens is 312 g/mol. The monoisotopic (exact) mass is 341 g/mol. The molecule has 0 bridgehead atoms. The zero-order chi connectivity index (χ0) is 18.0. The third-order valence-corrected chi connectivity index (χ3v) is 5.26. The second kappa shape index (κ2) is 7.20. The van der Waals surface area contributed by atoms with Crippen molar-refractivity contribution in [1.29, 1.82) is 0 Å². The normalized spacial score (nSPS) is 19.3. The highest BCUT2D eigenvalue weighted by atomic mass is 16.5. The minimum Gasteiger partial charge on any atom is -0.497 e. The number of methoxy groups -OCH3 is 1. The standard InChI is InChI=1S/C21H29N2O2/c1-21(2,3)19-7-5-6-12-22(19)13-14-23-18-10-9-17(25-4)15-16(18)8-11-20(23)24/h5,8-11,15,19H,6-7,12-14H2,1-4H3. The average Bonchev–Trinajstić information content (AvgIpc) is 2.60. The highest BCUT2D eigenvalue weighted by Crippen LogP contribution is 2.31. The summed E-state index contributed by atoms with van der Waals surface area (Å²) in [7, 11) is 1.66. The molecule has 4 heteroatoms. The Labute approximate surface area is 150 Å². The maximum Gasteiger partial charge on any atom is 0.251 e. The molecule has 0 N–H and O–H groups in total. The molecule has 1 fully saturated rings. The minimum atomic E-state index is 0.0635. The first kappa shape index (κ1) is 18.0. The molecule has 0 spiro atoms. The molecule has 1 aliphatic heterocycles. The third kappa shape index (κ3) is 3.90. The first-order valence-corrected chi connectivity index (χ1v) is 9.13. The number of nitrogens with zero attached hydrogens (tertiary/aromatic N) is 2.